The van der Waals surface area contributed by atoms with E-state index in [0.717, 1.165) is 11.6 Å². The van der Waals surface area contributed by atoms with Gasteiger partial charge in [0.2, 0.25) is 0 Å². The zero-order valence-electron chi connectivity index (χ0n) is 10.1. The number of alkyl halides is 3. The van der Waals surface area contributed by atoms with Crippen LogP contribution in [0.2, 0.25) is 0 Å². The number of nitrogens with one attached hydrogen (secondary N) is 1. The van der Waals surface area contributed by atoms with Crippen LogP contribution in [0.5, 0.6) is 0 Å². The van der Waals surface area contributed by atoms with Crippen molar-refractivity contribution >= 4 is 5.82 Å². The van der Waals surface area contributed by atoms with Crippen LogP contribution in [0.1, 0.15) is 11.3 Å². The fourth-order valence-electron chi connectivity index (χ4n) is 1.47. The number of aryl methyl sites for hydroxylation is 1. The second-order valence-corrected chi connectivity index (χ2v) is 4.01. The summed E-state index contributed by atoms with van der Waals surface area (Å²) in [5, 5.41) is 13.6. The second kappa shape index (κ2) is 5.25. The topological polar surface area (TPSA) is 55.6 Å². The molecule has 102 valence electrons. The molecular weight excluding hydrogens is 259 g/mol. The highest BCUT2D eigenvalue weighted by molar-refractivity contribution is 5.33. The van der Waals surface area contributed by atoms with Crippen LogP contribution in [0.4, 0.5) is 19.0 Å². The van der Waals surface area contributed by atoms with Crippen LogP contribution >= 0.6 is 0 Å². The van der Waals surface area contributed by atoms with Crippen molar-refractivity contribution in [3.8, 4) is 0 Å². The van der Waals surface area contributed by atoms with Crippen LogP contribution in [0.3, 0.4) is 0 Å². The number of rotatable bonds is 4. The number of aromatic nitrogens is 4. The molecule has 2 rings (SSSR count). The first-order valence-electron chi connectivity index (χ1n) is 5.59. The zero-order chi connectivity index (χ0) is 13.9. The predicted molar refractivity (Wildman–Crippen MR) is 62.5 cm³/mol. The number of hydrogen-bond donors (Lipinski definition) is 1. The summed E-state index contributed by atoms with van der Waals surface area (Å²) in [6.45, 7) is 3.02. The third kappa shape index (κ3) is 3.67. The molecule has 2 heterocycles. The summed E-state index contributed by atoms with van der Waals surface area (Å²) in [5.41, 5.74) is 0.0510. The van der Waals surface area contributed by atoms with Crippen molar-refractivity contribution in [2.45, 2.75) is 19.6 Å². The number of anilines is 1. The first-order valence-corrected chi connectivity index (χ1v) is 5.59. The largest absolute Gasteiger partial charge is 0.435 e. The fraction of sp³-hybridized carbons (Fsp3) is 0.364. The number of nitrogens with zero attached hydrogens (tertiary/aromatic N) is 4. The molecular formula is C11H12F3N5. The van der Waals surface area contributed by atoms with Crippen LogP contribution in [0.25, 0.3) is 0 Å². The van der Waals surface area contributed by atoms with Crippen LogP contribution in [0.15, 0.2) is 24.5 Å². The number of hydrogen-bond acceptors (Lipinski definition) is 4. The molecule has 0 aliphatic rings. The van der Waals surface area contributed by atoms with E-state index < -0.39 is 11.9 Å². The summed E-state index contributed by atoms with van der Waals surface area (Å²) in [4.78, 5) is 0. The summed E-state index contributed by atoms with van der Waals surface area (Å²) in [6, 6.07) is 2.15. The monoisotopic (exact) mass is 271 g/mol. The highest BCUT2D eigenvalue weighted by Crippen LogP contribution is 2.26. The van der Waals surface area contributed by atoms with Gasteiger partial charge in [-0.1, -0.05) is 0 Å². The Morgan fingerprint density at radius 2 is 2.05 bits per heavy atom. The first-order chi connectivity index (χ1) is 8.95. The molecule has 0 bridgehead atoms. The molecule has 0 amide bonds. The van der Waals surface area contributed by atoms with Crippen molar-refractivity contribution in [2.24, 2.45) is 0 Å². The molecule has 0 aromatic carbocycles. The third-order valence-electron chi connectivity index (χ3n) is 2.36. The maximum atomic E-state index is 12.3. The van der Waals surface area contributed by atoms with Gasteiger partial charge in [-0.15, -0.1) is 10.2 Å². The second-order valence-electron chi connectivity index (χ2n) is 4.01. The lowest BCUT2D eigenvalue weighted by Crippen LogP contribution is -2.14. The van der Waals surface area contributed by atoms with Gasteiger partial charge in [-0.25, -0.2) is 0 Å². The molecule has 2 aromatic heterocycles. The molecule has 0 saturated heterocycles. The molecule has 2 aromatic rings. The van der Waals surface area contributed by atoms with E-state index >= 15 is 0 Å². The van der Waals surface area contributed by atoms with Gasteiger partial charge >= 0.3 is 6.18 Å². The average Bonchev–Trinajstić information content (AvgIpc) is 2.75. The minimum absolute atomic E-state index is 0.303. The molecule has 19 heavy (non-hydrogen) atoms. The Hall–Kier alpha value is -2.12. The highest BCUT2D eigenvalue weighted by atomic mass is 19.4. The van der Waals surface area contributed by atoms with E-state index in [2.05, 4.69) is 20.6 Å². The molecule has 8 heteroatoms. The van der Waals surface area contributed by atoms with Gasteiger partial charge in [0.1, 0.15) is 5.82 Å². The van der Waals surface area contributed by atoms with Crippen LogP contribution in [-0.2, 0) is 12.7 Å². The normalized spacial score (nSPS) is 11.6. The molecule has 0 saturated carbocycles. The third-order valence-corrected chi connectivity index (χ3v) is 2.36. The lowest BCUT2D eigenvalue weighted by Gasteiger charge is -2.07. The van der Waals surface area contributed by atoms with E-state index in [4.69, 9.17) is 0 Å². The van der Waals surface area contributed by atoms with Gasteiger partial charge < -0.3 is 5.32 Å². The summed E-state index contributed by atoms with van der Waals surface area (Å²) in [7, 11) is 0. The van der Waals surface area contributed by atoms with E-state index in [1.807, 2.05) is 13.1 Å². The van der Waals surface area contributed by atoms with Crippen molar-refractivity contribution in [2.75, 3.05) is 11.9 Å². The van der Waals surface area contributed by atoms with Gasteiger partial charge in [-0.3, -0.25) is 4.68 Å². The maximum absolute atomic E-state index is 12.3. The quantitative estimate of drug-likeness (QED) is 0.925. The van der Waals surface area contributed by atoms with Gasteiger partial charge in [0.25, 0.3) is 0 Å². The SMILES string of the molecule is Cc1cnn(CCNc2ccc(C(F)(F)F)nn2)c1. The lowest BCUT2D eigenvalue weighted by molar-refractivity contribution is -0.141. The molecule has 0 fully saturated rings. The summed E-state index contributed by atoms with van der Waals surface area (Å²) in [6.07, 6.45) is -0.851. The molecule has 0 aliphatic carbocycles. The molecule has 0 aliphatic heterocycles. The predicted octanol–water partition coefficient (Wildman–Crippen LogP) is 2.11. The van der Waals surface area contributed by atoms with Gasteiger partial charge in [-0.05, 0) is 24.6 Å². The van der Waals surface area contributed by atoms with Gasteiger partial charge in [0.15, 0.2) is 5.69 Å². The molecule has 0 atom stereocenters. The highest BCUT2D eigenvalue weighted by Gasteiger charge is 2.32. The van der Waals surface area contributed by atoms with Crippen molar-refractivity contribution in [1.82, 2.24) is 20.0 Å². The minimum atomic E-state index is -4.46. The smallest absolute Gasteiger partial charge is 0.367 e. The van der Waals surface area contributed by atoms with Crippen LogP contribution < -0.4 is 5.32 Å². The summed E-state index contributed by atoms with van der Waals surface area (Å²) in [5.74, 6) is 0.303. The van der Waals surface area contributed by atoms with Crippen molar-refractivity contribution in [3.05, 3.63) is 35.8 Å². The minimum Gasteiger partial charge on any atom is -0.367 e. The fourth-order valence-corrected chi connectivity index (χ4v) is 1.47. The Bertz CT molecular complexity index is 532. The molecule has 5 nitrogen and oxygen atoms in total. The van der Waals surface area contributed by atoms with Crippen LogP contribution in [0, 0.1) is 6.92 Å². The Morgan fingerprint density at radius 3 is 2.58 bits per heavy atom. The lowest BCUT2D eigenvalue weighted by atomic mass is 10.4. The Kier molecular flexibility index (Phi) is 3.68. The van der Waals surface area contributed by atoms with E-state index in [1.54, 1.807) is 10.9 Å². The van der Waals surface area contributed by atoms with Crippen molar-refractivity contribution in [3.63, 3.8) is 0 Å². The Balaban J connectivity index is 1.86. The standard InChI is InChI=1S/C11H12F3N5/c1-8-6-16-19(7-8)5-4-15-10-3-2-9(17-18-10)11(12,13)14/h2-3,6-7H,4-5H2,1H3,(H,15,18). The van der Waals surface area contributed by atoms with Gasteiger partial charge in [0.05, 0.1) is 12.7 Å². The van der Waals surface area contributed by atoms with E-state index in [0.29, 0.717) is 18.9 Å². The van der Waals surface area contributed by atoms with E-state index in [9.17, 15) is 13.2 Å². The Morgan fingerprint density at radius 1 is 1.26 bits per heavy atom. The van der Waals surface area contributed by atoms with Gasteiger partial charge in [-0.2, -0.15) is 18.3 Å². The van der Waals surface area contributed by atoms with Gasteiger partial charge in [0, 0.05) is 12.7 Å². The molecule has 1 N–H and O–H groups in total. The summed E-state index contributed by atoms with van der Waals surface area (Å²) < 4.78 is 38.5. The van der Waals surface area contributed by atoms with Crippen molar-refractivity contribution < 1.29 is 13.2 Å². The Labute approximate surface area is 107 Å². The van der Waals surface area contributed by atoms with E-state index in [1.165, 1.54) is 6.07 Å². The molecule has 0 unspecified atom stereocenters. The summed E-state index contributed by atoms with van der Waals surface area (Å²) >= 11 is 0. The van der Waals surface area contributed by atoms with Crippen LogP contribution in [-0.4, -0.2) is 26.5 Å². The molecule has 0 radical (unpaired) electrons. The first kappa shape index (κ1) is 13.3. The van der Waals surface area contributed by atoms with E-state index in [-0.39, 0.29) is 0 Å². The molecule has 0 spiro atoms. The maximum Gasteiger partial charge on any atom is 0.435 e. The zero-order valence-corrected chi connectivity index (χ0v) is 10.1. The van der Waals surface area contributed by atoms with Crippen molar-refractivity contribution in [1.29, 1.82) is 0 Å². The average molecular weight is 271 g/mol. The number of halogens is 3.